The Hall–Kier alpha value is -4.41. The van der Waals surface area contributed by atoms with Gasteiger partial charge < -0.3 is 24.3 Å². The predicted molar refractivity (Wildman–Crippen MR) is 172 cm³/mol. The van der Waals surface area contributed by atoms with Crippen molar-refractivity contribution in [2.24, 2.45) is 7.05 Å². The summed E-state index contributed by atoms with van der Waals surface area (Å²) < 4.78 is 15.4. The summed E-state index contributed by atoms with van der Waals surface area (Å²) in [5.74, 6) is 2.56. The number of amides is 1. The van der Waals surface area contributed by atoms with Crippen LogP contribution in [-0.2, 0) is 7.05 Å². The van der Waals surface area contributed by atoms with Crippen LogP contribution in [0.4, 0.5) is 5.69 Å². The van der Waals surface area contributed by atoms with Crippen molar-refractivity contribution < 1.29 is 14.3 Å². The zero-order chi connectivity index (χ0) is 30.5. The average molecular weight is 594 g/mol. The maximum Gasteiger partial charge on any atom is 0.272 e. The molecule has 3 aromatic heterocycles. The number of carbonyl (C=O) groups is 1. The minimum Gasteiger partial charge on any atom is -0.496 e. The van der Waals surface area contributed by atoms with Gasteiger partial charge in [0.25, 0.3) is 5.91 Å². The van der Waals surface area contributed by atoms with Crippen molar-refractivity contribution in [2.75, 3.05) is 52.8 Å². The van der Waals surface area contributed by atoms with E-state index in [1.807, 2.05) is 73.4 Å². The fourth-order valence-corrected chi connectivity index (χ4v) is 6.85. The van der Waals surface area contributed by atoms with Gasteiger partial charge in [-0.25, -0.2) is 4.98 Å². The number of hydrogen-bond donors (Lipinski definition) is 1. The van der Waals surface area contributed by atoms with E-state index < -0.39 is 0 Å². The van der Waals surface area contributed by atoms with Crippen molar-refractivity contribution >= 4 is 28.0 Å². The molecule has 0 atom stereocenters. The van der Waals surface area contributed by atoms with Crippen molar-refractivity contribution in [3.63, 3.8) is 0 Å². The first-order valence-corrected chi connectivity index (χ1v) is 15.2. The summed E-state index contributed by atoms with van der Waals surface area (Å²) in [7, 11) is 7.33. The second-order valence-corrected chi connectivity index (χ2v) is 12.1. The van der Waals surface area contributed by atoms with Crippen LogP contribution in [0.1, 0.15) is 40.8 Å². The minimum absolute atomic E-state index is 0.230. The summed E-state index contributed by atoms with van der Waals surface area (Å²) in [4.78, 5) is 28.4. The molecule has 0 radical (unpaired) electrons. The van der Waals surface area contributed by atoms with E-state index in [-0.39, 0.29) is 5.91 Å². The lowest BCUT2D eigenvalue weighted by molar-refractivity contribution is 0.0586. The van der Waals surface area contributed by atoms with Gasteiger partial charge in [0.1, 0.15) is 23.0 Å². The molecule has 2 aliphatic rings. The van der Waals surface area contributed by atoms with Crippen molar-refractivity contribution in [1.29, 1.82) is 0 Å². The minimum atomic E-state index is -0.230. The maximum absolute atomic E-state index is 13.5. The number of piperazine rings is 1. The van der Waals surface area contributed by atoms with Gasteiger partial charge in [-0.15, -0.1) is 0 Å². The van der Waals surface area contributed by atoms with Crippen LogP contribution in [0.5, 0.6) is 11.5 Å². The van der Waals surface area contributed by atoms with E-state index in [0.29, 0.717) is 29.1 Å². The number of anilines is 1. The van der Waals surface area contributed by atoms with Gasteiger partial charge in [0.15, 0.2) is 0 Å². The molecule has 10 heteroatoms. The molecule has 10 nitrogen and oxygen atoms in total. The van der Waals surface area contributed by atoms with E-state index in [1.165, 1.54) is 0 Å². The van der Waals surface area contributed by atoms with E-state index in [2.05, 4.69) is 31.5 Å². The Morgan fingerprint density at radius 2 is 1.75 bits per heavy atom. The number of benzene rings is 2. The van der Waals surface area contributed by atoms with Gasteiger partial charge >= 0.3 is 0 Å². The lowest BCUT2D eigenvalue weighted by atomic mass is 9.78. The second kappa shape index (κ2) is 11.3. The maximum atomic E-state index is 13.5. The van der Waals surface area contributed by atoms with Gasteiger partial charge in [-0.3, -0.25) is 19.1 Å². The summed E-state index contributed by atoms with van der Waals surface area (Å²) in [6.45, 7) is 6.58. The third-order valence-corrected chi connectivity index (χ3v) is 9.52. The molecule has 7 rings (SSSR count). The summed E-state index contributed by atoms with van der Waals surface area (Å²) in [5, 5.41) is 3.94. The predicted octanol–water partition coefficient (Wildman–Crippen LogP) is 4.96. The molecule has 2 aromatic carbocycles. The van der Waals surface area contributed by atoms with Crippen molar-refractivity contribution in [1.82, 2.24) is 28.7 Å². The summed E-state index contributed by atoms with van der Waals surface area (Å²) in [5.41, 5.74) is 5.77. The molecule has 1 N–H and O–H groups in total. The highest BCUT2D eigenvalue weighted by molar-refractivity contribution is 6.08. The van der Waals surface area contributed by atoms with Crippen LogP contribution in [0.15, 0.2) is 54.9 Å². The largest absolute Gasteiger partial charge is 0.496 e. The lowest BCUT2D eigenvalue weighted by Crippen LogP contribution is -2.52. The normalized spacial score (nSPS) is 19.3. The Morgan fingerprint density at radius 3 is 2.50 bits per heavy atom. The number of nitrogens with one attached hydrogen (secondary N) is 1. The third-order valence-electron chi connectivity index (χ3n) is 9.52. The summed E-state index contributed by atoms with van der Waals surface area (Å²) >= 11 is 0. The fourth-order valence-electron chi connectivity index (χ4n) is 6.85. The van der Waals surface area contributed by atoms with E-state index in [4.69, 9.17) is 14.5 Å². The number of ether oxygens (including phenoxy) is 2. The molecule has 1 aliphatic carbocycles. The third kappa shape index (κ3) is 4.78. The number of methoxy groups -OCH3 is 2. The molecule has 5 aromatic rings. The Labute approximate surface area is 257 Å². The van der Waals surface area contributed by atoms with E-state index in [9.17, 15) is 4.79 Å². The smallest absolute Gasteiger partial charge is 0.272 e. The Balaban J connectivity index is 1.17. The van der Waals surface area contributed by atoms with Crippen LogP contribution < -0.4 is 14.8 Å². The van der Waals surface area contributed by atoms with Gasteiger partial charge in [-0.1, -0.05) is 12.1 Å². The molecule has 0 spiro atoms. The first-order valence-electron chi connectivity index (χ1n) is 15.2. The molecule has 0 unspecified atom stereocenters. The molecular weight excluding hydrogens is 554 g/mol. The molecule has 1 amide bonds. The number of hydrogen-bond acceptors (Lipinski definition) is 7. The Bertz CT molecular complexity index is 1860. The number of nitrogens with zero attached hydrogens (tertiary/aromatic N) is 6. The van der Waals surface area contributed by atoms with Crippen LogP contribution in [0.25, 0.3) is 27.7 Å². The first-order chi connectivity index (χ1) is 21.4. The van der Waals surface area contributed by atoms with Gasteiger partial charge in [-0.05, 0) is 57.1 Å². The second-order valence-electron chi connectivity index (χ2n) is 12.1. The SMILES string of the molecule is COc1cc(-c2nc([C@H]3C[C@H](N4CCN(C)CC4)C3)n3ccnc(C)c23)ccc1NC(=O)c1cc2c(OC)cccc2n1C. The average Bonchev–Trinajstić information content (AvgIpc) is 3.56. The molecule has 2 fully saturated rings. The van der Waals surface area contributed by atoms with E-state index in [0.717, 1.165) is 84.0 Å². The summed E-state index contributed by atoms with van der Waals surface area (Å²) in [6.07, 6.45) is 6.13. The Morgan fingerprint density at radius 1 is 0.977 bits per heavy atom. The summed E-state index contributed by atoms with van der Waals surface area (Å²) in [6, 6.07) is 14.1. The van der Waals surface area contributed by atoms with E-state index in [1.54, 1.807) is 14.2 Å². The van der Waals surface area contributed by atoms with Crippen molar-refractivity contribution in [3.05, 3.63) is 72.1 Å². The number of imidazole rings is 1. The number of aryl methyl sites for hydroxylation is 2. The number of aromatic nitrogens is 4. The standard InChI is InChI=1S/C34H39N7O3/c1-21-32-31(37-33(41(32)12-11-35-21)23-17-24(18-23)40-15-13-38(2)14-16-40)22-9-10-26(30(19-22)44-5)36-34(42)28-20-25-27(39(28)3)7-6-8-29(25)43-4/h6-12,19-20,23-24H,13-18H2,1-5H3,(H,36,42)/t23-,24-. The molecule has 228 valence electrons. The van der Waals surface area contributed by atoms with Crippen LogP contribution in [-0.4, -0.2) is 88.1 Å². The van der Waals surface area contributed by atoms with Crippen LogP contribution in [0.3, 0.4) is 0 Å². The van der Waals surface area contributed by atoms with Gasteiger partial charge in [-0.2, -0.15) is 0 Å². The zero-order valence-electron chi connectivity index (χ0n) is 26.0. The molecule has 4 heterocycles. The molecular formula is C34H39N7O3. The molecule has 1 aliphatic heterocycles. The van der Waals surface area contributed by atoms with E-state index >= 15 is 0 Å². The van der Waals surface area contributed by atoms with Gasteiger partial charge in [0.05, 0.1) is 42.3 Å². The number of rotatable bonds is 7. The topological polar surface area (TPSA) is 89.2 Å². The number of likely N-dealkylation sites (N-methyl/N-ethyl adjacent to an activating group) is 1. The Kier molecular flexibility index (Phi) is 7.26. The monoisotopic (exact) mass is 593 g/mol. The van der Waals surface area contributed by atoms with Gasteiger partial charge in [0.2, 0.25) is 0 Å². The quantitative estimate of drug-likeness (QED) is 0.285. The van der Waals surface area contributed by atoms with Crippen LogP contribution in [0.2, 0.25) is 0 Å². The molecule has 44 heavy (non-hydrogen) atoms. The van der Waals surface area contributed by atoms with Crippen molar-refractivity contribution in [3.8, 4) is 22.8 Å². The van der Waals surface area contributed by atoms with Crippen LogP contribution in [0, 0.1) is 6.92 Å². The molecule has 1 saturated carbocycles. The number of carbonyl (C=O) groups excluding carboxylic acids is 1. The van der Waals surface area contributed by atoms with Crippen molar-refractivity contribution in [2.45, 2.75) is 31.7 Å². The van der Waals surface area contributed by atoms with Crippen LogP contribution >= 0.6 is 0 Å². The molecule has 0 bridgehead atoms. The zero-order valence-corrected chi connectivity index (χ0v) is 26.0. The molecule has 1 saturated heterocycles. The fraction of sp³-hybridized carbons (Fsp3) is 0.382. The highest BCUT2D eigenvalue weighted by Crippen LogP contribution is 2.42. The lowest BCUT2D eigenvalue weighted by Gasteiger charge is -2.45. The van der Waals surface area contributed by atoms with Gasteiger partial charge in [0, 0.05) is 68.5 Å². The highest BCUT2D eigenvalue weighted by atomic mass is 16.5. The number of fused-ring (bicyclic) bond motifs is 2. The highest BCUT2D eigenvalue weighted by Gasteiger charge is 2.38. The first kappa shape index (κ1) is 28.4.